The van der Waals surface area contributed by atoms with E-state index in [-0.39, 0.29) is 12.1 Å². The molecule has 0 aromatic rings. The number of hydrogen-bond acceptors (Lipinski definition) is 3. The number of rotatable bonds is 5. The van der Waals surface area contributed by atoms with Crippen molar-refractivity contribution in [1.29, 1.82) is 0 Å². The maximum Gasteiger partial charge on any atom is 0.317 e. The summed E-state index contributed by atoms with van der Waals surface area (Å²) in [5.41, 5.74) is 0. The van der Waals surface area contributed by atoms with E-state index in [1.165, 1.54) is 0 Å². The first-order chi connectivity index (χ1) is 8.15. The number of hydrogen-bond donors (Lipinski definition) is 2. The van der Waals surface area contributed by atoms with Crippen LogP contribution in [0.15, 0.2) is 0 Å². The van der Waals surface area contributed by atoms with Gasteiger partial charge in [-0.05, 0) is 25.2 Å². The van der Waals surface area contributed by atoms with Crippen LogP contribution in [0.25, 0.3) is 0 Å². The number of urea groups is 1. The first kappa shape index (κ1) is 14.3. The number of aliphatic hydroxyl groups is 1. The molecule has 1 saturated heterocycles. The molecule has 0 aromatic heterocycles. The predicted molar refractivity (Wildman–Crippen MR) is 65.9 cm³/mol. The SMILES string of the molecule is COCCCCNC(=O)N1CCC(C)C(O)C1. The number of carbonyl (C=O) groups excluding carboxylic acids is 1. The molecule has 2 amide bonds. The van der Waals surface area contributed by atoms with Crippen LogP contribution < -0.4 is 5.32 Å². The van der Waals surface area contributed by atoms with Gasteiger partial charge in [-0.15, -0.1) is 0 Å². The van der Waals surface area contributed by atoms with Crippen LogP contribution in [-0.2, 0) is 4.74 Å². The Hall–Kier alpha value is -0.810. The molecule has 5 heteroatoms. The molecule has 0 saturated carbocycles. The molecule has 1 aliphatic rings. The Bertz CT molecular complexity index is 236. The van der Waals surface area contributed by atoms with Crippen LogP contribution in [0.2, 0.25) is 0 Å². The number of β-amino-alcohol motifs (C(OH)–C–C–N with tert-alkyl or cyclic N) is 1. The fourth-order valence-electron chi connectivity index (χ4n) is 1.91. The van der Waals surface area contributed by atoms with Gasteiger partial charge >= 0.3 is 6.03 Å². The number of likely N-dealkylation sites (tertiary alicyclic amines) is 1. The quantitative estimate of drug-likeness (QED) is 0.704. The lowest BCUT2D eigenvalue weighted by Gasteiger charge is -2.34. The first-order valence-electron chi connectivity index (χ1n) is 6.35. The minimum atomic E-state index is -0.386. The third-order valence-corrected chi connectivity index (χ3v) is 3.26. The zero-order valence-electron chi connectivity index (χ0n) is 10.8. The summed E-state index contributed by atoms with van der Waals surface area (Å²) in [5, 5.41) is 12.6. The molecule has 1 fully saturated rings. The van der Waals surface area contributed by atoms with Gasteiger partial charge in [0.05, 0.1) is 6.10 Å². The maximum atomic E-state index is 11.8. The minimum absolute atomic E-state index is 0.0617. The summed E-state index contributed by atoms with van der Waals surface area (Å²) in [6.07, 6.45) is 2.36. The van der Waals surface area contributed by atoms with E-state index in [1.807, 2.05) is 6.92 Å². The minimum Gasteiger partial charge on any atom is -0.391 e. The van der Waals surface area contributed by atoms with E-state index in [0.29, 0.717) is 19.0 Å². The number of nitrogens with one attached hydrogen (secondary N) is 1. The van der Waals surface area contributed by atoms with Gasteiger partial charge in [0.15, 0.2) is 0 Å². The standard InChI is InChI=1S/C12H24N2O3/c1-10-5-7-14(9-11(10)15)12(16)13-6-3-4-8-17-2/h10-11,15H,3-9H2,1-2H3,(H,13,16). The predicted octanol–water partition coefficient (Wildman–Crippen LogP) is 0.825. The van der Waals surface area contributed by atoms with Crippen molar-refractivity contribution < 1.29 is 14.6 Å². The van der Waals surface area contributed by atoms with Crippen molar-refractivity contribution in [2.45, 2.75) is 32.3 Å². The van der Waals surface area contributed by atoms with Crippen LogP contribution in [-0.4, -0.2) is 55.5 Å². The highest BCUT2D eigenvalue weighted by molar-refractivity contribution is 5.74. The number of amides is 2. The van der Waals surface area contributed by atoms with Crippen LogP contribution in [0.4, 0.5) is 4.79 Å². The second kappa shape index (κ2) is 7.50. The summed E-state index contributed by atoms with van der Waals surface area (Å²) in [5.74, 6) is 0.292. The van der Waals surface area contributed by atoms with Gasteiger partial charge in [-0.1, -0.05) is 6.92 Å². The van der Waals surface area contributed by atoms with E-state index in [9.17, 15) is 9.90 Å². The number of methoxy groups -OCH3 is 1. The Morgan fingerprint density at radius 2 is 2.29 bits per heavy atom. The van der Waals surface area contributed by atoms with E-state index < -0.39 is 0 Å². The van der Waals surface area contributed by atoms with Crippen molar-refractivity contribution in [2.75, 3.05) is 33.4 Å². The van der Waals surface area contributed by atoms with Crippen LogP contribution in [0.1, 0.15) is 26.2 Å². The number of carbonyl (C=O) groups is 1. The Balaban J connectivity index is 2.15. The molecule has 0 spiro atoms. The highest BCUT2D eigenvalue weighted by Crippen LogP contribution is 2.16. The molecule has 100 valence electrons. The summed E-state index contributed by atoms with van der Waals surface area (Å²) < 4.78 is 4.93. The van der Waals surface area contributed by atoms with Gasteiger partial charge in [0.1, 0.15) is 0 Å². The van der Waals surface area contributed by atoms with Gasteiger partial charge in [0.25, 0.3) is 0 Å². The molecular weight excluding hydrogens is 220 g/mol. The van der Waals surface area contributed by atoms with E-state index in [2.05, 4.69) is 5.32 Å². The van der Waals surface area contributed by atoms with Gasteiger partial charge in [0.2, 0.25) is 0 Å². The average molecular weight is 244 g/mol. The summed E-state index contributed by atoms with van der Waals surface area (Å²) in [7, 11) is 1.68. The normalized spacial score (nSPS) is 24.8. The highest BCUT2D eigenvalue weighted by Gasteiger charge is 2.26. The van der Waals surface area contributed by atoms with E-state index >= 15 is 0 Å². The third kappa shape index (κ3) is 4.91. The fraction of sp³-hybridized carbons (Fsp3) is 0.917. The summed E-state index contributed by atoms with van der Waals surface area (Å²) in [6.45, 7) is 4.61. The Labute approximate surface area is 103 Å². The molecule has 0 aliphatic carbocycles. The maximum absolute atomic E-state index is 11.8. The second-order valence-corrected chi connectivity index (χ2v) is 4.71. The van der Waals surface area contributed by atoms with Crippen LogP contribution in [0.3, 0.4) is 0 Å². The third-order valence-electron chi connectivity index (χ3n) is 3.26. The first-order valence-corrected chi connectivity index (χ1v) is 6.35. The van der Waals surface area contributed by atoms with Crippen molar-refractivity contribution in [3.8, 4) is 0 Å². The molecular formula is C12H24N2O3. The average Bonchev–Trinajstić information content (AvgIpc) is 2.32. The molecule has 0 bridgehead atoms. The Morgan fingerprint density at radius 3 is 2.94 bits per heavy atom. The van der Waals surface area contributed by atoms with Crippen molar-refractivity contribution >= 4 is 6.03 Å². The number of unbranched alkanes of at least 4 members (excludes halogenated alkanes) is 1. The molecule has 0 aromatic carbocycles. The number of nitrogens with zero attached hydrogens (tertiary/aromatic N) is 1. The van der Waals surface area contributed by atoms with Crippen molar-refractivity contribution in [3.63, 3.8) is 0 Å². The van der Waals surface area contributed by atoms with Crippen LogP contribution in [0, 0.1) is 5.92 Å². The molecule has 1 heterocycles. The van der Waals surface area contributed by atoms with Gasteiger partial charge in [-0.25, -0.2) is 4.79 Å². The molecule has 2 unspecified atom stereocenters. The largest absolute Gasteiger partial charge is 0.391 e. The second-order valence-electron chi connectivity index (χ2n) is 4.71. The van der Waals surface area contributed by atoms with Crippen molar-refractivity contribution in [2.24, 2.45) is 5.92 Å². The van der Waals surface area contributed by atoms with E-state index in [4.69, 9.17) is 4.74 Å². The molecule has 0 radical (unpaired) electrons. The van der Waals surface area contributed by atoms with Gasteiger partial charge < -0.3 is 20.1 Å². The van der Waals surface area contributed by atoms with E-state index in [1.54, 1.807) is 12.0 Å². The van der Waals surface area contributed by atoms with Crippen LogP contribution >= 0.6 is 0 Å². The molecule has 1 rings (SSSR count). The lowest BCUT2D eigenvalue weighted by Crippen LogP contribution is -2.49. The monoisotopic (exact) mass is 244 g/mol. The van der Waals surface area contributed by atoms with Crippen molar-refractivity contribution in [3.05, 3.63) is 0 Å². The summed E-state index contributed by atoms with van der Waals surface area (Å²) in [4.78, 5) is 13.5. The molecule has 2 N–H and O–H groups in total. The van der Waals surface area contributed by atoms with Gasteiger partial charge in [-0.2, -0.15) is 0 Å². The van der Waals surface area contributed by atoms with Gasteiger partial charge in [0, 0.05) is 33.4 Å². The molecule has 2 atom stereocenters. The fourth-order valence-corrected chi connectivity index (χ4v) is 1.91. The molecule has 5 nitrogen and oxygen atoms in total. The number of aliphatic hydroxyl groups excluding tert-OH is 1. The number of ether oxygens (including phenoxy) is 1. The van der Waals surface area contributed by atoms with Crippen molar-refractivity contribution in [1.82, 2.24) is 10.2 Å². The van der Waals surface area contributed by atoms with Gasteiger partial charge in [-0.3, -0.25) is 0 Å². The number of piperidine rings is 1. The topological polar surface area (TPSA) is 61.8 Å². The smallest absolute Gasteiger partial charge is 0.317 e. The Morgan fingerprint density at radius 1 is 1.53 bits per heavy atom. The lowest BCUT2D eigenvalue weighted by molar-refractivity contribution is 0.0436. The molecule has 17 heavy (non-hydrogen) atoms. The summed E-state index contributed by atoms with van der Waals surface area (Å²) >= 11 is 0. The zero-order valence-corrected chi connectivity index (χ0v) is 10.8. The zero-order chi connectivity index (χ0) is 12.7. The molecule has 1 aliphatic heterocycles. The van der Waals surface area contributed by atoms with Crippen LogP contribution in [0.5, 0.6) is 0 Å². The Kier molecular flexibility index (Phi) is 6.29. The lowest BCUT2D eigenvalue weighted by atomic mass is 9.96. The highest BCUT2D eigenvalue weighted by atomic mass is 16.5. The summed E-state index contributed by atoms with van der Waals surface area (Å²) in [6, 6.07) is -0.0617. The van der Waals surface area contributed by atoms with E-state index in [0.717, 1.165) is 32.4 Å².